The van der Waals surface area contributed by atoms with Crippen LogP contribution in [0, 0.1) is 13.8 Å². The molecule has 0 unspecified atom stereocenters. The summed E-state index contributed by atoms with van der Waals surface area (Å²) in [6, 6.07) is 8.09. The van der Waals surface area contributed by atoms with E-state index in [4.69, 9.17) is 0 Å². The van der Waals surface area contributed by atoms with Crippen LogP contribution in [0.15, 0.2) is 24.3 Å². The van der Waals surface area contributed by atoms with Gasteiger partial charge in [-0.3, -0.25) is 0 Å². The fourth-order valence-corrected chi connectivity index (χ4v) is 3.18. The molecular formula is C11H12OS2. The van der Waals surface area contributed by atoms with E-state index >= 15 is 0 Å². The van der Waals surface area contributed by atoms with Crippen molar-refractivity contribution in [1.82, 2.24) is 0 Å². The molecule has 14 heavy (non-hydrogen) atoms. The van der Waals surface area contributed by atoms with Gasteiger partial charge >= 0.3 is 0 Å². The average Bonchev–Trinajstić information content (AvgIpc) is 2.73. The van der Waals surface area contributed by atoms with Crippen molar-refractivity contribution in [3.05, 3.63) is 43.8 Å². The van der Waals surface area contributed by atoms with Gasteiger partial charge in [0.15, 0.2) is 0 Å². The summed E-state index contributed by atoms with van der Waals surface area (Å²) < 4.78 is 0. The predicted octanol–water partition coefficient (Wildman–Crippen LogP) is 3.51. The topological polar surface area (TPSA) is 20.2 Å². The Morgan fingerprint density at radius 3 is 1.64 bits per heavy atom. The molecule has 0 spiro atoms. The maximum Gasteiger partial charge on any atom is 0.122 e. The molecule has 1 N–H and O–H groups in total. The number of thiophene rings is 2. The van der Waals surface area contributed by atoms with E-state index in [9.17, 15) is 5.11 Å². The second-order valence-electron chi connectivity index (χ2n) is 3.30. The minimum absolute atomic E-state index is 0.438. The molecule has 0 fully saturated rings. The van der Waals surface area contributed by atoms with Crippen molar-refractivity contribution in [2.24, 2.45) is 0 Å². The Kier molecular flexibility index (Phi) is 2.72. The fourth-order valence-electron chi connectivity index (χ4n) is 1.34. The molecule has 0 saturated carbocycles. The molecule has 3 heteroatoms. The normalized spacial score (nSPS) is 11.1. The van der Waals surface area contributed by atoms with Gasteiger partial charge in [0, 0.05) is 19.5 Å². The molecule has 2 aromatic heterocycles. The van der Waals surface area contributed by atoms with Gasteiger partial charge in [-0.2, -0.15) is 0 Å². The first-order valence-electron chi connectivity index (χ1n) is 4.47. The molecule has 0 amide bonds. The summed E-state index contributed by atoms with van der Waals surface area (Å²) in [6.45, 7) is 4.11. The summed E-state index contributed by atoms with van der Waals surface area (Å²) in [5.41, 5.74) is 0. The van der Waals surface area contributed by atoms with Gasteiger partial charge in [-0.25, -0.2) is 0 Å². The first kappa shape index (κ1) is 9.90. The monoisotopic (exact) mass is 224 g/mol. The van der Waals surface area contributed by atoms with E-state index in [1.54, 1.807) is 22.7 Å². The van der Waals surface area contributed by atoms with Crippen LogP contribution in [-0.4, -0.2) is 5.11 Å². The molecule has 0 saturated heterocycles. The van der Waals surface area contributed by atoms with Crippen molar-refractivity contribution in [3.8, 4) is 0 Å². The Labute approximate surface area is 91.7 Å². The van der Waals surface area contributed by atoms with Crippen molar-refractivity contribution in [2.45, 2.75) is 20.0 Å². The van der Waals surface area contributed by atoms with E-state index in [0.29, 0.717) is 0 Å². The molecule has 0 aliphatic carbocycles. The Morgan fingerprint density at radius 2 is 1.36 bits per heavy atom. The van der Waals surface area contributed by atoms with Crippen molar-refractivity contribution in [1.29, 1.82) is 0 Å². The first-order chi connectivity index (χ1) is 6.66. The zero-order chi connectivity index (χ0) is 10.1. The second kappa shape index (κ2) is 3.85. The Morgan fingerprint density at radius 1 is 0.929 bits per heavy atom. The van der Waals surface area contributed by atoms with Gasteiger partial charge in [0.1, 0.15) is 6.10 Å². The summed E-state index contributed by atoms with van der Waals surface area (Å²) in [5, 5.41) is 10.0. The van der Waals surface area contributed by atoms with Crippen molar-refractivity contribution in [2.75, 3.05) is 0 Å². The lowest BCUT2D eigenvalue weighted by molar-refractivity contribution is 0.228. The highest BCUT2D eigenvalue weighted by atomic mass is 32.1. The van der Waals surface area contributed by atoms with Crippen LogP contribution in [0.4, 0.5) is 0 Å². The predicted molar refractivity (Wildman–Crippen MR) is 62.2 cm³/mol. The molecule has 2 aromatic rings. The summed E-state index contributed by atoms with van der Waals surface area (Å²) in [4.78, 5) is 4.55. The maximum absolute atomic E-state index is 10.0. The first-order valence-corrected chi connectivity index (χ1v) is 6.11. The molecule has 1 nitrogen and oxygen atoms in total. The SMILES string of the molecule is Cc1ccc(C(O)c2ccc(C)s2)s1. The molecule has 0 radical (unpaired) electrons. The molecule has 0 aliphatic heterocycles. The van der Waals surface area contributed by atoms with Crippen molar-refractivity contribution in [3.63, 3.8) is 0 Å². The molecule has 0 aromatic carbocycles. The third-order valence-corrected chi connectivity index (χ3v) is 4.17. The van der Waals surface area contributed by atoms with E-state index in [-0.39, 0.29) is 0 Å². The summed E-state index contributed by atoms with van der Waals surface area (Å²) in [7, 11) is 0. The summed E-state index contributed by atoms with van der Waals surface area (Å²) in [6.07, 6.45) is -0.438. The highest BCUT2D eigenvalue weighted by molar-refractivity contribution is 7.13. The number of aliphatic hydroxyl groups excluding tert-OH is 1. The Hall–Kier alpha value is -0.640. The number of rotatable bonds is 2. The fraction of sp³-hybridized carbons (Fsp3) is 0.273. The van der Waals surface area contributed by atoms with Crippen LogP contribution < -0.4 is 0 Å². The lowest BCUT2D eigenvalue weighted by atomic mass is 10.2. The highest BCUT2D eigenvalue weighted by Gasteiger charge is 2.13. The Bertz CT molecular complexity index is 388. The van der Waals surface area contributed by atoms with Crippen LogP contribution in [0.1, 0.15) is 25.6 Å². The number of aliphatic hydroxyl groups is 1. The van der Waals surface area contributed by atoms with Gasteiger partial charge in [-0.1, -0.05) is 0 Å². The third kappa shape index (κ3) is 1.90. The quantitative estimate of drug-likeness (QED) is 0.827. The standard InChI is InChI=1S/C11H12OS2/c1-7-3-5-9(13-7)11(12)10-6-4-8(2)14-10/h3-6,11-12H,1-2H3. The molecule has 0 atom stereocenters. The van der Waals surface area contributed by atoms with Gasteiger partial charge in [0.2, 0.25) is 0 Å². The van der Waals surface area contributed by atoms with Gasteiger partial charge < -0.3 is 5.11 Å². The maximum atomic E-state index is 10.0. The van der Waals surface area contributed by atoms with Gasteiger partial charge in [0.25, 0.3) is 0 Å². The Balaban J connectivity index is 2.28. The van der Waals surface area contributed by atoms with Crippen LogP contribution in [0.3, 0.4) is 0 Å². The second-order valence-corrected chi connectivity index (χ2v) is 5.94. The van der Waals surface area contributed by atoms with Crippen LogP contribution >= 0.6 is 22.7 Å². The highest BCUT2D eigenvalue weighted by Crippen LogP contribution is 2.31. The zero-order valence-corrected chi connectivity index (χ0v) is 9.78. The average molecular weight is 224 g/mol. The number of hydrogen-bond donors (Lipinski definition) is 1. The summed E-state index contributed by atoms with van der Waals surface area (Å²) >= 11 is 3.31. The van der Waals surface area contributed by atoms with Crippen LogP contribution in [-0.2, 0) is 0 Å². The minimum atomic E-state index is -0.438. The van der Waals surface area contributed by atoms with Crippen LogP contribution in [0.2, 0.25) is 0 Å². The lowest BCUT2D eigenvalue weighted by Crippen LogP contribution is -1.92. The van der Waals surface area contributed by atoms with Gasteiger partial charge in [-0.05, 0) is 38.1 Å². The van der Waals surface area contributed by atoms with E-state index in [0.717, 1.165) is 9.75 Å². The third-order valence-electron chi connectivity index (χ3n) is 2.06. The lowest BCUT2D eigenvalue weighted by Gasteiger charge is -2.04. The van der Waals surface area contributed by atoms with Gasteiger partial charge in [0.05, 0.1) is 0 Å². The summed E-state index contributed by atoms with van der Waals surface area (Å²) in [5.74, 6) is 0. The number of aryl methyl sites for hydroxylation is 2. The van der Waals surface area contributed by atoms with Crippen molar-refractivity contribution >= 4 is 22.7 Å². The smallest absolute Gasteiger partial charge is 0.122 e. The molecular weight excluding hydrogens is 212 g/mol. The molecule has 0 bridgehead atoms. The van der Waals surface area contributed by atoms with E-state index in [1.165, 1.54) is 9.75 Å². The number of hydrogen-bond acceptors (Lipinski definition) is 3. The molecule has 2 heterocycles. The molecule has 2 rings (SSSR count). The zero-order valence-electron chi connectivity index (χ0n) is 8.15. The minimum Gasteiger partial charge on any atom is -0.382 e. The van der Waals surface area contributed by atoms with Crippen LogP contribution in [0.5, 0.6) is 0 Å². The van der Waals surface area contributed by atoms with E-state index < -0.39 is 6.10 Å². The van der Waals surface area contributed by atoms with Crippen LogP contribution in [0.25, 0.3) is 0 Å². The largest absolute Gasteiger partial charge is 0.382 e. The molecule has 74 valence electrons. The van der Waals surface area contributed by atoms with Gasteiger partial charge in [-0.15, -0.1) is 22.7 Å². The molecule has 0 aliphatic rings. The van der Waals surface area contributed by atoms with Crippen molar-refractivity contribution < 1.29 is 5.11 Å². The van der Waals surface area contributed by atoms with E-state index in [1.807, 2.05) is 24.3 Å². The van der Waals surface area contributed by atoms with E-state index in [2.05, 4.69) is 13.8 Å².